The van der Waals surface area contributed by atoms with Crippen molar-refractivity contribution in [3.63, 3.8) is 0 Å². The van der Waals surface area contributed by atoms with E-state index in [1.807, 2.05) is 0 Å². The third-order valence-electron chi connectivity index (χ3n) is 3.66. The molecule has 1 heterocycles. The minimum atomic E-state index is -0.633. The second kappa shape index (κ2) is 9.18. The van der Waals surface area contributed by atoms with E-state index >= 15 is 0 Å². The van der Waals surface area contributed by atoms with Gasteiger partial charge in [0, 0.05) is 16.1 Å². The number of amides is 4. The molecule has 148 valence electrons. The van der Waals surface area contributed by atoms with Crippen LogP contribution in [-0.2, 0) is 11.2 Å². The van der Waals surface area contributed by atoms with Gasteiger partial charge in [0.15, 0.2) is 5.13 Å². The molecule has 0 aliphatic heterocycles. The highest BCUT2D eigenvalue weighted by atomic mass is 35.5. The molecule has 29 heavy (non-hydrogen) atoms. The molecule has 5 N–H and O–H groups in total. The van der Waals surface area contributed by atoms with Crippen molar-refractivity contribution in [1.29, 1.82) is 0 Å². The lowest BCUT2D eigenvalue weighted by Crippen LogP contribution is -2.20. The second-order valence-corrected chi connectivity index (χ2v) is 7.16. The Kier molecular flexibility index (Phi) is 6.43. The minimum absolute atomic E-state index is 0.0266. The highest BCUT2D eigenvalue weighted by Gasteiger charge is 2.13. The number of carbonyl (C=O) groups is 3. The van der Waals surface area contributed by atoms with E-state index in [4.69, 9.17) is 17.3 Å². The molecule has 0 aliphatic rings. The molecule has 0 spiro atoms. The van der Waals surface area contributed by atoms with Gasteiger partial charge in [-0.1, -0.05) is 29.8 Å². The van der Waals surface area contributed by atoms with Gasteiger partial charge >= 0.3 is 6.03 Å². The summed E-state index contributed by atoms with van der Waals surface area (Å²) in [7, 11) is 0. The number of hydrogen-bond donors (Lipinski definition) is 4. The Labute approximate surface area is 175 Å². The number of rotatable bonds is 6. The standard InChI is InChI=1S/C19H16ClN5O3S/c20-11-4-3-5-12(8-11)22-18(28)25-19-23-13(10-29-19)9-16(26)24-15-7-2-1-6-14(15)17(21)27/h1-8,10H,9H2,(H2,21,27)(H,24,26)(H2,22,23,25,28). The van der Waals surface area contributed by atoms with Gasteiger partial charge in [0.05, 0.1) is 23.4 Å². The number of urea groups is 1. The van der Waals surface area contributed by atoms with Crippen molar-refractivity contribution in [2.75, 3.05) is 16.0 Å². The zero-order valence-electron chi connectivity index (χ0n) is 14.9. The molecular weight excluding hydrogens is 414 g/mol. The zero-order chi connectivity index (χ0) is 20.8. The molecule has 0 radical (unpaired) electrons. The van der Waals surface area contributed by atoms with Gasteiger partial charge in [0.1, 0.15) is 0 Å². The third kappa shape index (κ3) is 5.77. The summed E-state index contributed by atoms with van der Waals surface area (Å²) < 4.78 is 0. The van der Waals surface area contributed by atoms with Crippen LogP contribution in [0.15, 0.2) is 53.9 Å². The van der Waals surface area contributed by atoms with Gasteiger partial charge in [-0.25, -0.2) is 9.78 Å². The number of halogens is 1. The molecule has 4 amide bonds. The fraction of sp³-hybridized carbons (Fsp3) is 0.0526. The third-order valence-corrected chi connectivity index (χ3v) is 4.70. The lowest BCUT2D eigenvalue weighted by Gasteiger charge is -2.08. The number of anilines is 3. The topological polar surface area (TPSA) is 126 Å². The van der Waals surface area contributed by atoms with Crippen molar-refractivity contribution >= 4 is 57.3 Å². The van der Waals surface area contributed by atoms with Crippen LogP contribution in [0.3, 0.4) is 0 Å². The van der Waals surface area contributed by atoms with Crippen molar-refractivity contribution in [3.8, 4) is 0 Å². The van der Waals surface area contributed by atoms with Crippen LogP contribution in [0, 0.1) is 0 Å². The Morgan fingerprint density at radius 2 is 1.83 bits per heavy atom. The van der Waals surface area contributed by atoms with E-state index in [-0.39, 0.29) is 17.9 Å². The van der Waals surface area contributed by atoms with Crippen LogP contribution in [0.25, 0.3) is 0 Å². The maximum atomic E-state index is 12.3. The highest BCUT2D eigenvalue weighted by Crippen LogP contribution is 2.19. The highest BCUT2D eigenvalue weighted by molar-refractivity contribution is 7.14. The Balaban J connectivity index is 1.57. The molecule has 0 saturated heterocycles. The molecule has 0 saturated carbocycles. The van der Waals surface area contributed by atoms with Crippen molar-refractivity contribution in [3.05, 3.63) is 70.2 Å². The zero-order valence-corrected chi connectivity index (χ0v) is 16.5. The van der Waals surface area contributed by atoms with E-state index < -0.39 is 11.9 Å². The maximum absolute atomic E-state index is 12.3. The molecule has 1 aromatic heterocycles. The Bertz CT molecular complexity index is 1070. The average molecular weight is 430 g/mol. The molecule has 0 atom stereocenters. The summed E-state index contributed by atoms with van der Waals surface area (Å²) in [6.45, 7) is 0. The van der Waals surface area contributed by atoms with Crippen LogP contribution >= 0.6 is 22.9 Å². The van der Waals surface area contributed by atoms with Crippen LogP contribution in [0.5, 0.6) is 0 Å². The molecule has 3 rings (SSSR count). The molecule has 0 aliphatic carbocycles. The summed E-state index contributed by atoms with van der Waals surface area (Å²) in [6, 6.07) is 12.7. The average Bonchev–Trinajstić information content (AvgIpc) is 3.08. The minimum Gasteiger partial charge on any atom is -0.366 e. The molecule has 8 nitrogen and oxygen atoms in total. The predicted molar refractivity (Wildman–Crippen MR) is 114 cm³/mol. The number of nitrogens with two attached hydrogens (primary N) is 1. The quantitative estimate of drug-likeness (QED) is 0.476. The lowest BCUT2D eigenvalue weighted by molar-refractivity contribution is -0.115. The van der Waals surface area contributed by atoms with Crippen molar-refractivity contribution in [2.45, 2.75) is 6.42 Å². The molecular formula is C19H16ClN5O3S. The lowest BCUT2D eigenvalue weighted by atomic mass is 10.1. The number of nitrogens with zero attached hydrogens (tertiary/aromatic N) is 1. The van der Waals surface area contributed by atoms with Gasteiger partial charge in [0.25, 0.3) is 5.91 Å². The Morgan fingerprint density at radius 3 is 2.59 bits per heavy atom. The summed E-state index contributed by atoms with van der Waals surface area (Å²) in [5, 5.41) is 10.4. The molecule has 0 unspecified atom stereocenters. The Hall–Kier alpha value is -3.43. The number of hydrogen-bond acceptors (Lipinski definition) is 5. The summed E-state index contributed by atoms with van der Waals surface area (Å²) >= 11 is 7.06. The molecule has 2 aromatic carbocycles. The number of nitrogens with one attached hydrogen (secondary N) is 3. The van der Waals surface area contributed by atoms with Crippen molar-refractivity contribution in [2.24, 2.45) is 5.73 Å². The summed E-state index contributed by atoms with van der Waals surface area (Å²) in [4.78, 5) is 39.9. The first-order valence-corrected chi connectivity index (χ1v) is 9.63. The number of thiazole rings is 1. The van der Waals surface area contributed by atoms with Gasteiger partial charge < -0.3 is 16.4 Å². The molecule has 3 aromatic rings. The van der Waals surface area contributed by atoms with Gasteiger partial charge in [-0.15, -0.1) is 11.3 Å². The first-order valence-electron chi connectivity index (χ1n) is 8.37. The normalized spacial score (nSPS) is 10.2. The first-order chi connectivity index (χ1) is 13.9. The van der Waals surface area contributed by atoms with E-state index in [0.29, 0.717) is 27.2 Å². The second-order valence-electron chi connectivity index (χ2n) is 5.87. The van der Waals surface area contributed by atoms with Gasteiger partial charge in [-0.05, 0) is 30.3 Å². The number of carbonyl (C=O) groups excluding carboxylic acids is 3. The van der Waals surface area contributed by atoms with Crippen LogP contribution < -0.4 is 21.7 Å². The van der Waals surface area contributed by atoms with Gasteiger partial charge in [0.2, 0.25) is 5.91 Å². The molecule has 10 heteroatoms. The monoisotopic (exact) mass is 429 g/mol. The van der Waals surface area contributed by atoms with Crippen LogP contribution in [0.4, 0.5) is 21.3 Å². The van der Waals surface area contributed by atoms with Crippen LogP contribution in [0.1, 0.15) is 16.1 Å². The smallest absolute Gasteiger partial charge is 0.325 e. The van der Waals surface area contributed by atoms with E-state index in [0.717, 1.165) is 0 Å². The van der Waals surface area contributed by atoms with Crippen molar-refractivity contribution < 1.29 is 14.4 Å². The fourth-order valence-electron chi connectivity index (χ4n) is 2.44. The van der Waals surface area contributed by atoms with Gasteiger partial charge in [-0.3, -0.25) is 14.9 Å². The number of aromatic nitrogens is 1. The fourth-order valence-corrected chi connectivity index (χ4v) is 3.33. The van der Waals surface area contributed by atoms with E-state index in [2.05, 4.69) is 20.9 Å². The van der Waals surface area contributed by atoms with E-state index in [1.54, 1.807) is 47.8 Å². The largest absolute Gasteiger partial charge is 0.366 e. The SMILES string of the molecule is NC(=O)c1ccccc1NC(=O)Cc1csc(NC(=O)Nc2cccc(Cl)c2)n1. The first kappa shape index (κ1) is 20.3. The van der Waals surface area contributed by atoms with E-state index in [9.17, 15) is 14.4 Å². The molecule has 0 bridgehead atoms. The summed E-state index contributed by atoms with van der Waals surface area (Å²) in [6.07, 6.45) is -0.0266. The maximum Gasteiger partial charge on any atom is 0.325 e. The van der Waals surface area contributed by atoms with Crippen molar-refractivity contribution in [1.82, 2.24) is 4.98 Å². The summed E-state index contributed by atoms with van der Waals surface area (Å²) in [5.41, 5.74) is 6.87. The van der Waals surface area contributed by atoms with Crippen LogP contribution in [0.2, 0.25) is 5.02 Å². The predicted octanol–water partition coefficient (Wildman–Crippen LogP) is 3.72. The van der Waals surface area contributed by atoms with Crippen LogP contribution in [-0.4, -0.2) is 22.8 Å². The summed E-state index contributed by atoms with van der Waals surface area (Å²) in [5.74, 6) is -0.995. The molecule has 0 fully saturated rings. The number of benzene rings is 2. The van der Waals surface area contributed by atoms with Gasteiger partial charge in [-0.2, -0.15) is 0 Å². The Morgan fingerprint density at radius 1 is 1.03 bits per heavy atom. The number of para-hydroxylation sites is 1. The number of primary amides is 1. The van der Waals surface area contributed by atoms with E-state index in [1.165, 1.54) is 17.4 Å².